The van der Waals surface area contributed by atoms with Crippen LogP contribution in [-0.2, 0) is 0 Å². The summed E-state index contributed by atoms with van der Waals surface area (Å²) in [6.07, 6.45) is 8.13. The van der Waals surface area contributed by atoms with Crippen LogP contribution in [0.5, 0.6) is 0 Å². The molecule has 1 aliphatic rings. The lowest BCUT2D eigenvalue weighted by atomic mass is 9.90. The maximum absolute atomic E-state index is 2.44. The van der Waals surface area contributed by atoms with Crippen molar-refractivity contribution in [2.75, 3.05) is 4.90 Å². The predicted molar refractivity (Wildman–Crippen MR) is 286 cm³/mol. The van der Waals surface area contributed by atoms with Gasteiger partial charge in [0.05, 0.1) is 16.7 Å². The van der Waals surface area contributed by atoms with Crippen molar-refractivity contribution >= 4 is 55.2 Å². The average Bonchev–Trinajstić information content (AvgIpc) is 3.74. The van der Waals surface area contributed by atoms with Crippen LogP contribution in [0.4, 0.5) is 17.1 Å². The zero-order chi connectivity index (χ0) is 44.7. The van der Waals surface area contributed by atoms with Crippen LogP contribution in [0.2, 0.25) is 0 Å². The van der Waals surface area contributed by atoms with Crippen LogP contribution in [0.15, 0.2) is 255 Å². The van der Waals surface area contributed by atoms with E-state index in [-0.39, 0.29) is 0 Å². The van der Waals surface area contributed by atoms with E-state index in [0.717, 1.165) is 29.2 Å². The third-order valence-corrected chi connectivity index (χ3v) is 13.5. The van der Waals surface area contributed by atoms with Crippen molar-refractivity contribution < 1.29 is 0 Å². The van der Waals surface area contributed by atoms with E-state index in [1.807, 2.05) is 0 Å². The molecular formula is C65H48N2. The van der Waals surface area contributed by atoms with E-state index in [2.05, 4.69) is 271 Å². The van der Waals surface area contributed by atoms with Gasteiger partial charge in [-0.05, 0) is 134 Å². The molecule has 1 aliphatic carbocycles. The first-order valence-electron chi connectivity index (χ1n) is 23.4. The van der Waals surface area contributed by atoms with E-state index in [4.69, 9.17) is 0 Å². The van der Waals surface area contributed by atoms with Crippen LogP contribution >= 0.6 is 0 Å². The highest BCUT2D eigenvalue weighted by atomic mass is 15.1. The van der Waals surface area contributed by atoms with Crippen molar-refractivity contribution in [1.82, 2.24) is 4.57 Å². The van der Waals surface area contributed by atoms with E-state index in [9.17, 15) is 0 Å². The summed E-state index contributed by atoms with van der Waals surface area (Å²) in [6.45, 7) is 2.31. The molecule has 11 aromatic rings. The minimum atomic E-state index is 0.474. The first-order valence-corrected chi connectivity index (χ1v) is 23.4. The molecule has 318 valence electrons. The van der Waals surface area contributed by atoms with Crippen LogP contribution < -0.4 is 4.90 Å². The van der Waals surface area contributed by atoms with E-state index in [1.165, 1.54) is 88.2 Å². The molecule has 0 saturated heterocycles. The molecule has 0 N–H and O–H groups in total. The molecule has 0 bridgehead atoms. The molecule has 0 fully saturated rings. The van der Waals surface area contributed by atoms with Gasteiger partial charge < -0.3 is 9.47 Å². The van der Waals surface area contributed by atoms with Crippen molar-refractivity contribution in [2.24, 2.45) is 5.92 Å². The van der Waals surface area contributed by atoms with Crippen molar-refractivity contribution in [2.45, 2.75) is 13.3 Å². The summed E-state index contributed by atoms with van der Waals surface area (Å²) >= 11 is 0. The molecule has 67 heavy (non-hydrogen) atoms. The Labute approximate surface area is 392 Å². The summed E-state index contributed by atoms with van der Waals surface area (Å²) in [5.74, 6) is 0.474. The van der Waals surface area contributed by atoms with E-state index < -0.39 is 0 Å². The van der Waals surface area contributed by atoms with Crippen molar-refractivity contribution in [3.63, 3.8) is 0 Å². The summed E-state index contributed by atoms with van der Waals surface area (Å²) in [7, 11) is 0. The first-order chi connectivity index (χ1) is 33.1. The Balaban J connectivity index is 1.01. The highest BCUT2D eigenvalue weighted by Crippen LogP contribution is 2.45. The van der Waals surface area contributed by atoms with Crippen LogP contribution in [0.3, 0.4) is 0 Å². The number of rotatable bonds is 9. The van der Waals surface area contributed by atoms with Gasteiger partial charge in [-0.15, -0.1) is 0 Å². The lowest BCUT2D eigenvalue weighted by molar-refractivity contribution is 0.740. The van der Waals surface area contributed by atoms with Crippen molar-refractivity contribution in [3.8, 4) is 50.2 Å². The second-order valence-corrected chi connectivity index (χ2v) is 17.8. The monoisotopic (exact) mass is 856 g/mol. The van der Waals surface area contributed by atoms with Crippen LogP contribution in [0, 0.1) is 5.92 Å². The fourth-order valence-corrected chi connectivity index (χ4v) is 10.3. The summed E-state index contributed by atoms with van der Waals surface area (Å²) < 4.78 is 2.44. The number of allylic oxidation sites excluding steroid dienone is 4. The molecule has 0 spiro atoms. The number of benzene rings is 10. The fourth-order valence-electron chi connectivity index (χ4n) is 10.3. The smallest absolute Gasteiger partial charge is 0.0553 e. The van der Waals surface area contributed by atoms with E-state index in [1.54, 1.807) is 0 Å². The first kappa shape index (κ1) is 40.1. The summed E-state index contributed by atoms with van der Waals surface area (Å²) in [5, 5.41) is 5.01. The van der Waals surface area contributed by atoms with Gasteiger partial charge in [-0.1, -0.05) is 201 Å². The third kappa shape index (κ3) is 7.43. The molecule has 2 nitrogen and oxygen atoms in total. The Morgan fingerprint density at radius 3 is 1.84 bits per heavy atom. The predicted octanol–water partition coefficient (Wildman–Crippen LogP) is 18.1. The number of aromatic nitrogens is 1. The molecule has 2 heteroatoms. The number of nitrogens with zero attached hydrogens (tertiary/aromatic N) is 2. The summed E-state index contributed by atoms with van der Waals surface area (Å²) in [6, 6.07) is 86.5. The van der Waals surface area contributed by atoms with Gasteiger partial charge >= 0.3 is 0 Å². The van der Waals surface area contributed by atoms with Gasteiger partial charge in [-0.3, -0.25) is 0 Å². The normalized spacial score (nSPS) is 13.6. The molecule has 0 amide bonds. The highest BCUT2D eigenvalue weighted by Gasteiger charge is 2.22. The SMILES string of the molecule is CC1C=C(c2cc(-c3cccc(N(c4ccc(-c5ccc(-c6cccc7ccccc67)cc5)cc4)c4ccccc4-c4ccccc4)c3)c3c4ccccc4n(-c4ccccc4)c3c2)C=CC1. The third-order valence-electron chi connectivity index (χ3n) is 13.5. The second-order valence-electron chi connectivity index (χ2n) is 17.8. The van der Waals surface area contributed by atoms with Crippen LogP contribution in [0.25, 0.3) is 88.3 Å². The van der Waals surface area contributed by atoms with Gasteiger partial charge in [0.2, 0.25) is 0 Å². The number of fused-ring (bicyclic) bond motifs is 4. The number of para-hydroxylation sites is 3. The van der Waals surface area contributed by atoms with Crippen molar-refractivity contribution in [1.29, 1.82) is 0 Å². The maximum Gasteiger partial charge on any atom is 0.0553 e. The Hall–Kier alpha value is -8.46. The Kier molecular flexibility index (Phi) is 10.3. The Morgan fingerprint density at radius 1 is 0.418 bits per heavy atom. The van der Waals surface area contributed by atoms with E-state index in [0.29, 0.717) is 5.92 Å². The zero-order valence-corrected chi connectivity index (χ0v) is 37.4. The van der Waals surface area contributed by atoms with Gasteiger partial charge in [-0.25, -0.2) is 0 Å². The second kappa shape index (κ2) is 17.2. The molecular weight excluding hydrogens is 809 g/mol. The molecule has 0 radical (unpaired) electrons. The largest absolute Gasteiger partial charge is 0.310 e. The maximum atomic E-state index is 2.44. The van der Waals surface area contributed by atoms with Gasteiger partial charge in [0.1, 0.15) is 0 Å². The highest BCUT2D eigenvalue weighted by molar-refractivity contribution is 6.17. The lowest BCUT2D eigenvalue weighted by Crippen LogP contribution is -2.11. The van der Waals surface area contributed by atoms with Crippen molar-refractivity contribution in [3.05, 3.63) is 260 Å². The quantitative estimate of drug-likeness (QED) is 0.140. The topological polar surface area (TPSA) is 8.17 Å². The Morgan fingerprint density at radius 2 is 1.03 bits per heavy atom. The van der Waals surface area contributed by atoms with Gasteiger partial charge in [-0.2, -0.15) is 0 Å². The standard InChI is InChI=1S/C65H48N2/c1-45-17-14-22-51(41-45)53-43-61(65-60-29-11-13-32-63(60)67(64(65)44-53)54-24-6-3-7-25-54)52-23-15-26-56(42-52)66(62-31-12-10-28-59(62)49-18-4-2-5-19-49)55-39-37-47(38-40-55)46-33-35-50(36-34-46)58-30-16-21-48-20-8-9-27-57(48)58/h2-16,18-45H,17H2,1H3. The zero-order valence-electron chi connectivity index (χ0n) is 37.4. The van der Waals surface area contributed by atoms with Gasteiger partial charge in [0, 0.05) is 33.4 Å². The molecule has 0 saturated carbocycles. The number of hydrogen-bond donors (Lipinski definition) is 0. The van der Waals surface area contributed by atoms with Crippen LogP contribution in [-0.4, -0.2) is 4.57 Å². The molecule has 0 aliphatic heterocycles. The molecule has 10 aromatic carbocycles. The minimum absolute atomic E-state index is 0.474. The van der Waals surface area contributed by atoms with Gasteiger partial charge in [0.15, 0.2) is 0 Å². The Bertz CT molecular complexity index is 3650. The lowest BCUT2D eigenvalue weighted by Gasteiger charge is -2.28. The molecule has 1 heterocycles. The van der Waals surface area contributed by atoms with Crippen LogP contribution in [0.1, 0.15) is 18.9 Å². The fraction of sp³-hybridized carbons (Fsp3) is 0.0462. The summed E-state index contributed by atoms with van der Waals surface area (Å²) in [5.41, 5.74) is 18.9. The van der Waals surface area contributed by atoms with E-state index >= 15 is 0 Å². The number of anilines is 3. The molecule has 1 atom stereocenters. The van der Waals surface area contributed by atoms with Gasteiger partial charge in [0.25, 0.3) is 0 Å². The molecule has 12 rings (SSSR count). The molecule has 1 unspecified atom stereocenters. The number of hydrogen-bond acceptors (Lipinski definition) is 1. The minimum Gasteiger partial charge on any atom is -0.310 e. The summed E-state index contributed by atoms with van der Waals surface area (Å²) in [4.78, 5) is 2.43. The average molecular weight is 857 g/mol. The molecule has 1 aromatic heterocycles.